The third kappa shape index (κ3) is 4.23. The Bertz CT molecular complexity index is 839. The highest BCUT2D eigenvalue weighted by atomic mass is 19.4. The van der Waals surface area contributed by atoms with Gasteiger partial charge in [0.1, 0.15) is 11.4 Å². The van der Waals surface area contributed by atoms with E-state index in [4.69, 9.17) is 0 Å². The van der Waals surface area contributed by atoms with Gasteiger partial charge in [0.2, 0.25) is 0 Å². The largest absolute Gasteiger partial charge is 0.499 e. The molecule has 0 unspecified atom stereocenters. The van der Waals surface area contributed by atoms with Crippen LogP contribution in [0.5, 0.6) is 5.75 Å². The van der Waals surface area contributed by atoms with E-state index in [-0.39, 0.29) is 11.3 Å². The van der Waals surface area contributed by atoms with Gasteiger partial charge in [-0.2, -0.15) is 22.0 Å². The van der Waals surface area contributed by atoms with Gasteiger partial charge < -0.3 is 10.1 Å². The summed E-state index contributed by atoms with van der Waals surface area (Å²) < 4.78 is 66.0. The van der Waals surface area contributed by atoms with E-state index < -0.39 is 34.6 Å². The highest BCUT2D eigenvalue weighted by molar-refractivity contribution is 6.05. The first-order valence-corrected chi connectivity index (χ1v) is 6.79. The van der Waals surface area contributed by atoms with E-state index in [1.807, 2.05) is 0 Å². The first-order valence-electron chi connectivity index (χ1n) is 6.79. The zero-order valence-electron chi connectivity index (χ0n) is 12.6. The van der Waals surface area contributed by atoms with Crippen molar-refractivity contribution in [2.45, 2.75) is 12.3 Å². The van der Waals surface area contributed by atoms with Gasteiger partial charge in [0, 0.05) is 11.6 Å². The minimum atomic E-state index is -5.93. The molecule has 1 N–H and O–H groups in total. The van der Waals surface area contributed by atoms with Crippen molar-refractivity contribution in [3.63, 3.8) is 0 Å². The number of hydrogen-bond donors (Lipinski definition) is 1. The van der Waals surface area contributed by atoms with Crippen LogP contribution >= 0.6 is 0 Å². The van der Waals surface area contributed by atoms with Crippen LogP contribution < -0.4 is 10.1 Å². The van der Waals surface area contributed by atoms with Gasteiger partial charge in [-0.3, -0.25) is 14.9 Å². The number of halogens is 5. The van der Waals surface area contributed by atoms with E-state index >= 15 is 0 Å². The number of amides is 1. The second-order valence-electron chi connectivity index (χ2n) is 4.87. The van der Waals surface area contributed by atoms with Crippen LogP contribution in [-0.2, 0) is 0 Å². The molecule has 0 radical (unpaired) electrons. The lowest BCUT2D eigenvalue weighted by molar-refractivity contribution is -0.383. The predicted octanol–water partition coefficient (Wildman–Crippen LogP) is 4.38. The van der Waals surface area contributed by atoms with Gasteiger partial charge in [-0.1, -0.05) is 18.2 Å². The Morgan fingerprint density at radius 3 is 2.31 bits per heavy atom. The Labute approximate surface area is 142 Å². The molecule has 0 aromatic heterocycles. The first kappa shape index (κ1) is 19.1. The van der Waals surface area contributed by atoms with Crippen molar-refractivity contribution >= 4 is 17.3 Å². The van der Waals surface area contributed by atoms with E-state index in [9.17, 15) is 36.9 Å². The molecule has 0 spiro atoms. The second kappa shape index (κ2) is 6.94. The van der Waals surface area contributed by atoms with Crippen LogP contribution in [0.4, 0.5) is 33.3 Å². The lowest BCUT2D eigenvalue weighted by atomic mass is 10.2. The molecule has 1 amide bonds. The molecule has 11 heteroatoms. The first-order chi connectivity index (χ1) is 12.0. The smallest absolute Gasteiger partial charge is 0.426 e. The Hall–Kier alpha value is -3.24. The maximum absolute atomic E-state index is 12.9. The molecule has 0 aliphatic rings. The molecule has 26 heavy (non-hydrogen) atoms. The van der Waals surface area contributed by atoms with Crippen molar-refractivity contribution in [1.29, 1.82) is 0 Å². The Morgan fingerprint density at radius 2 is 1.69 bits per heavy atom. The van der Waals surface area contributed by atoms with Gasteiger partial charge in [0.25, 0.3) is 11.6 Å². The van der Waals surface area contributed by atoms with Crippen molar-refractivity contribution in [2.75, 3.05) is 5.32 Å². The molecule has 0 atom stereocenters. The highest BCUT2D eigenvalue weighted by Gasteiger charge is 2.61. The molecular formula is C15H9F5N2O4. The van der Waals surface area contributed by atoms with Gasteiger partial charge in [-0.15, -0.1) is 0 Å². The van der Waals surface area contributed by atoms with Gasteiger partial charge in [0.15, 0.2) is 0 Å². The standard InChI is InChI=1S/C15H9F5N2O4/c16-14(17,18)15(19,20)26-10-5-3-4-9(8-10)13(23)21-11-6-1-2-7-12(11)22(24)25/h1-8H,(H,21,23). The summed E-state index contributed by atoms with van der Waals surface area (Å²) in [5.74, 6) is -1.86. The predicted molar refractivity (Wildman–Crippen MR) is 79.1 cm³/mol. The number of hydrogen-bond acceptors (Lipinski definition) is 4. The number of para-hydroxylation sites is 2. The summed E-state index contributed by atoms with van der Waals surface area (Å²) in [6.07, 6.45) is -11.4. The molecule has 0 aliphatic heterocycles. The van der Waals surface area contributed by atoms with Crippen molar-refractivity contribution in [2.24, 2.45) is 0 Å². The molecule has 2 aromatic rings. The quantitative estimate of drug-likeness (QED) is 0.477. The van der Waals surface area contributed by atoms with E-state index in [1.54, 1.807) is 0 Å². The number of nitro benzene ring substituents is 1. The molecule has 0 fully saturated rings. The summed E-state index contributed by atoms with van der Waals surface area (Å²) >= 11 is 0. The zero-order chi connectivity index (χ0) is 19.5. The monoisotopic (exact) mass is 376 g/mol. The van der Waals surface area contributed by atoms with Crippen LogP contribution in [0.3, 0.4) is 0 Å². The van der Waals surface area contributed by atoms with Crippen molar-refractivity contribution in [3.05, 3.63) is 64.2 Å². The average molecular weight is 376 g/mol. The van der Waals surface area contributed by atoms with Crippen molar-refractivity contribution < 1.29 is 36.4 Å². The van der Waals surface area contributed by atoms with Crippen molar-refractivity contribution in [3.8, 4) is 5.75 Å². The number of alkyl halides is 5. The number of nitrogens with zero attached hydrogens (tertiary/aromatic N) is 1. The third-order valence-electron chi connectivity index (χ3n) is 3.02. The molecule has 0 saturated carbocycles. The SMILES string of the molecule is O=C(Nc1ccccc1[N+](=O)[O-])c1cccc(OC(F)(F)C(F)(F)F)c1. The molecule has 0 heterocycles. The van der Waals surface area contributed by atoms with E-state index in [1.165, 1.54) is 18.2 Å². The maximum atomic E-state index is 12.9. The van der Waals surface area contributed by atoms with Crippen LogP contribution in [-0.4, -0.2) is 23.1 Å². The van der Waals surface area contributed by atoms with E-state index in [0.29, 0.717) is 6.07 Å². The fraction of sp³-hybridized carbons (Fsp3) is 0.133. The van der Waals surface area contributed by atoms with E-state index in [0.717, 1.165) is 24.3 Å². The number of carbonyl (C=O) groups is 1. The fourth-order valence-electron chi connectivity index (χ4n) is 1.84. The van der Waals surface area contributed by atoms with E-state index in [2.05, 4.69) is 10.1 Å². The van der Waals surface area contributed by atoms with Gasteiger partial charge >= 0.3 is 12.3 Å². The maximum Gasteiger partial charge on any atom is 0.499 e. The summed E-state index contributed by atoms with van der Waals surface area (Å²) in [6.45, 7) is 0. The molecule has 0 bridgehead atoms. The number of carbonyl (C=O) groups excluding carboxylic acids is 1. The second-order valence-corrected chi connectivity index (χ2v) is 4.87. The van der Waals surface area contributed by atoms with Crippen LogP contribution in [0, 0.1) is 10.1 Å². The van der Waals surface area contributed by atoms with Crippen LogP contribution in [0.1, 0.15) is 10.4 Å². The topological polar surface area (TPSA) is 81.5 Å². The lowest BCUT2D eigenvalue weighted by Crippen LogP contribution is -2.41. The zero-order valence-corrected chi connectivity index (χ0v) is 12.6. The number of nitro groups is 1. The summed E-state index contributed by atoms with van der Waals surface area (Å²) in [5.41, 5.74) is -0.926. The Balaban J connectivity index is 2.23. The summed E-state index contributed by atoms with van der Waals surface area (Å²) in [7, 11) is 0. The minimum absolute atomic E-state index is 0.172. The highest BCUT2D eigenvalue weighted by Crippen LogP contribution is 2.37. The molecule has 2 rings (SSSR count). The van der Waals surface area contributed by atoms with Crippen molar-refractivity contribution in [1.82, 2.24) is 0 Å². The number of rotatable bonds is 5. The van der Waals surface area contributed by atoms with Gasteiger partial charge in [-0.25, -0.2) is 0 Å². The number of nitrogens with one attached hydrogen (secondary N) is 1. The average Bonchev–Trinajstić information content (AvgIpc) is 2.54. The van der Waals surface area contributed by atoms with Gasteiger partial charge in [0.05, 0.1) is 4.92 Å². The molecule has 0 saturated heterocycles. The summed E-state index contributed by atoms with van der Waals surface area (Å²) in [6, 6.07) is 8.73. The number of benzene rings is 2. The number of ether oxygens (including phenoxy) is 1. The normalized spacial score (nSPS) is 11.7. The lowest BCUT2D eigenvalue weighted by Gasteiger charge is -2.20. The van der Waals surface area contributed by atoms with Crippen LogP contribution in [0.15, 0.2) is 48.5 Å². The van der Waals surface area contributed by atoms with Crippen LogP contribution in [0.25, 0.3) is 0 Å². The molecule has 138 valence electrons. The third-order valence-corrected chi connectivity index (χ3v) is 3.02. The summed E-state index contributed by atoms with van der Waals surface area (Å²) in [4.78, 5) is 22.2. The minimum Gasteiger partial charge on any atom is -0.426 e. The van der Waals surface area contributed by atoms with Crippen LogP contribution in [0.2, 0.25) is 0 Å². The Morgan fingerprint density at radius 1 is 1.04 bits per heavy atom. The fourth-order valence-corrected chi connectivity index (χ4v) is 1.84. The summed E-state index contributed by atoms with van der Waals surface area (Å²) in [5, 5.41) is 13.1. The Kier molecular flexibility index (Phi) is 5.10. The molecule has 0 aliphatic carbocycles. The molecular weight excluding hydrogens is 367 g/mol. The van der Waals surface area contributed by atoms with Gasteiger partial charge in [-0.05, 0) is 24.3 Å². The molecule has 2 aromatic carbocycles. The molecule has 6 nitrogen and oxygen atoms in total. The number of anilines is 1.